The summed E-state index contributed by atoms with van der Waals surface area (Å²) in [6.45, 7) is 3.90. The summed E-state index contributed by atoms with van der Waals surface area (Å²) in [4.78, 5) is 5.07. The van der Waals surface area contributed by atoms with Crippen LogP contribution in [0.3, 0.4) is 0 Å². The van der Waals surface area contributed by atoms with Gasteiger partial charge >= 0.3 is 0 Å². The molecule has 1 aliphatic heterocycles. The highest BCUT2D eigenvalue weighted by Crippen LogP contribution is 2.26. The Bertz CT molecular complexity index is 212. The lowest BCUT2D eigenvalue weighted by Gasteiger charge is -2.12. The largest absolute Gasteiger partial charge is 0.389 e. The molecule has 0 radical (unpaired) electrons. The summed E-state index contributed by atoms with van der Waals surface area (Å²) in [6, 6.07) is 0. The Hall–Kier alpha value is -0.710. The van der Waals surface area contributed by atoms with Crippen LogP contribution >= 0.6 is 11.8 Å². The molecule has 0 saturated heterocycles. The van der Waals surface area contributed by atoms with Gasteiger partial charge in [-0.25, -0.2) is 0 Å². The van der Waals surface area contributed by atoms with E-state index in [4.69, 9.17) is 16.0 Å². The van der Waals surface area contributed by atoms with Crippen LogP contribution in [0.2, 0.25) is 0 Å². The van der Waals surface area contributed by atoms with Crippen LogP contribution in [0.4, 0.5) is 0 Å². The molecule has 0 aromatic carbocycles. The fraction of sp³-hybridized carbons (Fsp3) is 0.667. The fourth-order valence-corrected chi connectivity index (χ4v) is 1.53. The second-order valence-corrected chi connectivity index (χ2v) is 4.09. The van der Waals surface area contributed by atoms with Gasteiger partial charge in [-0.05, 0) is 25.6 Å². The number of nitrogens with one attached hydrogen (secondary N) is 1. The lowest BCUT2D eigenvalue weighted by atomic mass is 10.1. The van der Waals surface area contributed by atoms with Gasteiger partial charge in [0.05, 0.1) is 0 Å². The van der Waals surface area contributed by atoms with Crippen molar-refractivity contribution in [2.24, 2.45) is 10.9 Å². The molecule has 0 aromatic heterocycles. The highest BCUT2D eigenvalue weighted by Gasteiger charge is 2.29. The zero-order valence-electron chi connectivity index (χ0n) is 6.55. The average molecular weight is 173 g/mol. The summed E-state index contributed by atoms with van der Waals surface area (Å²) < 4.78 is 0. The number of oxime groups is 1. The van der Waals surface area contributed by atoms with Crippen LogP contribution in [-0.4, -0.2) is 15.8 Å². The number of rotatable bonds is 0. The summed E-state index contributed by atoms with van der Waals surface area (Å²) in [5, 5.41) is 11.6. The van der Waals surface area contributed by atoms with E-state index >= 15 is 0 Å². The lowest BCUT2D eigenvalue weighted by molar-refractivity contribution is 0.0123. The third kappa shape index (κ3) is 2.42. The van der Waals surface area contributed by atoms with Crippen molar-refractivity contribution in [1.29, 1.82) is 5.41 Å². The molecule has 4 nitrogen and oxygen atoms in total. The zero-order chi connectivity index (χ0) is 8.48. The van der Waals surface area contributed by atoms with Crippen molar-refractivity contribution in [2.75, 3.05) is 0 Å². The highest BCUT2D eigenvalue weighted by atomic mass is 32.2. The molecule has 0 amide bonds. The van der Waals surface area contributed by atoms with Crippen molar-refractivity contribution in [3.63, 3.8) is 0 Å². The molecule has 11 heavy (non-hydrogen) atoms. The van der Waals surface area contributed by atoms with Crippen LogP contribution in [-0.2, 0) is 4.84 Å². The maximum Gasteiger partial charge on any atom is 0.157 e. The monoisotopic (exact) mass is 173 g/mol. The molecule has 1 heterocycles. The number of nitrogens with zero attached hydrogens (tertiary/aromatic N) is 1. The van der Waals surface area contributed by atoms with Crippen LogP contribution in [0.5, 0.6) is 0 Å². The van der Waals surface area contributed by atoms with E-state index in [1.807, 2.05) is 13.8 Å². The first kappa shape index (κ1) is 8.39. The van der Waals surface area contributed by atoms with E-state index in [9.17, 15) is 0 Å². The van der Waals surface area contributed by atoms with Gasteiger partial charge in [0, 0.05) is 6.42 Å². The number of hydrogen-bond acceptors (Lipinski definition) is 4. The van der Waals surface area contributed by atoms with Crippen molar-refractivity contribution in [1.82, 2.24) is 0 Å². The summed E-state index contributed by atoms with van der Waals surface area (Å²) in [5.74, 6) is 0. The molecule has 3 N–H and O–H groups in total. The van der Waals surface area contributed by atoms with Gasteiger partial charge in [-0.3, -0.25) is 5.41 Å². The third-order valence-electron chi connectivity index (χ3n) is 1.20. The number of amidine groups is 1. The number of hydrogen-bond donors (Lipinski definition) is 2. The molecule has 0 atom stereocenters. The van der Waals surface area contributed by atoms with Crippen molar-refractivity contribution in [3.05, 3.63) is 0 Å². The second-order valence-electron chi connectivity index (χ2n) is 2.98. The molecule has 0 aliphatic carbocycles. The normalized spacial score (nSPS) is 20.7. The van der Waals surface area contributed by atoms with Crippen molar-refractivity contribution in [3.8, 4) is 0 Å². The van der Waals surface area contributed by atoms with Crippen LogP contribution in [0, 0.1) is 5.41 Å². The van der Waals surface area contributed by atoms with Gasteiger partial charge in [0.25, 0.3) is 0 Å². The molecule has 0 unspecified atom stereocenters. The molecule has 0 fully saturated rings. The summed E-state index contributed by atoms with van der Waals surface area (Å²) in [7, 11) is 0. The van der Waals surface area contributed by atoms with E-state index in [1.54, 1.807) is 0 Å². The second kappa shape index (κ2) is 2.73. The van der Waals surface area contributed by atoms with E-state index in [2.05, 4.69) is 5.16 Å². The Kier molecular flexibility index (Phi) is 2.08. The molecule has 0 aromatic rings. The first-order valence-corrected chi connectivity index (χ1v) is 4.08. The molecular formula is C6H11N3OS. The average Bonchev–Trinajstić information content (AvgIpc) is 2.08. The van der Waals surface area contributed by atoms with Gasteiger partial charge in [0.1, 0.15) is 10.6 Å². The Morgan fingerprint density at radius 2 is 2.45 bits per heavy atom. The molecule has 62 valence electrons. The predicted octanol–water partition coefficient (Wildman–Crippen LogP) is 1.13. The van der Waals surface area contributed by atoms with E-state index in [0.717, 1.165) is 23.2 Å². The Labute approximate surface area is 69.7 Å². The molecule has 0 spiro atoms. The van der Waals surface area contributed by atoms with Crippen molar-refractivity contribution in [2.45, 2.75) is 25.9 Å². The smallest absolute Gasteiger partial charge is 0.157 e. The third-order valence-corrected chi connectivity index (χ3v) is 1.87. The van der Waals surface area contributed by atoms with E-state index in [0.29, 0.717) is 0 Å². The molecular weight excluding hydrogens is 162 g/mol. The minimum Gasteiger partial charge on any atom is -0.389 e. The predicted molar refractivity (Wildman–Crippen MR) is 46.7 cm³/mol. The van der Waals surface area contributed by atoms with Gasteiger partial charge in [0.15, 0.2) is 5.17 Å². The van der Waals surface area contributed by atoms with Gasteiger partial charge in [0.2, 0.25) is 0 Å². The molecule has 5 heteroatoms. The standard InChI is InChI=1S/C6H11N3OS/c1-6(2)3-4(9-10-6)11-5(7)8/h3H2,1-2H3,(H3,7,8). The number of thioether (sulfide) groups is 1. The van der Waals surface area contributed by atoms with Crippen LogP contribution in [0.25, 0.3) is 0 Å². The topological polar surface area (TPSA) is 71.5 Å². The maximum absolute atomic E-state index is 6.99. The highest BCUT2D eigenvalue weighted by molar-refractivity contribution is 8.26. The quantitative estimate of drug-likeness (QED) is 0.426. The SMILES string of the molecule is CC1(C)CC(SC(=N)N)=NO1. The lowest BCUT2D eigenvalue weighted by Crippen LogP contribution is -2.19. The minimum atomic E-state index is -0.224. The Morgan fingerprint density at radius 3 is 2.82 bits per heavy atom. The molecule has 1 aliphatic rings. The van der Waals surface area contributed by atoms with Gasteiger partial charge in [-0.15, -0.1) is 0 Å². The van der Waals surface area contributed by atoms with Gasteiger partial charge in [-0.1, -0.05) is 5.16 Å². The first-order valence-electron chi connectivity index (χ1n) is 3.26. The molecule has 0 bridgehead atoms. The Morgan fingerprint density at radius 1 is 1.82 bits per heavy atom. The first-order chi connectivity index (χ1) is 4.99. The van der Waals surface area contributed by atoms with Crippen molar-refractivity contribution >= 4 is 22.0 Å². The minimum absolute atomic E-state index is 0.0602. The molecule has 1 rings (SSSR count). The Balaban J connectivity index is 2.47. The summed E-state index contributed by atoms with van der Waals surface area (Å²) >= 11 is 1.15. The number of nitrogens with two attached hydrogens (primary N) is 1. The van der Waals surface area contributed by atoms with E-state index < -0.39 is 0 Å². The van der Waals surface area contributed by atoms with Crippen LogP contribution in [0.15, 0.2) is 5.16 Å². The summed E-state index contributed by atoms with van der Waals surface area (Å²) in [6.07, 6.45) is 0.733. The van der Waals surface area contributed by atoms with Gasteiger partial charge in [-0.2, -0.15) is 0 Å². The fourth-order valence-electron chi connectivity index (χ4n) is 0.785. The zero-order valence-corrected chi connectivity index (χ0v) is 7.36. The van der Waals surface area contributed by atoms with Gasteiger partial charge < -0.3 is 10.6 Å². The van der Waals surface area contributed by atoms with Crippen LogP contribution < -0.4 is 5.73 Å². The van der Waals surface area contributed by atoms with E-state index in [-0.39, 0.29) is 10.8 Å². The van der Waals surface area contributed by atoms with Crippen molar-refractivity contribution < 1.29 is 4.84 Å². The summed E-state index contributed by atoms with van der Waals surface area (Å²) in [5.41, 5.74) is 4.95. The molecule has 0 saturated carbocycles. The van der Waals surface area contributed by atoms with Crippen LogP contribution in [0.1, 0.15) is 20.3 Å². The maximum atomic E-state index is 6.99. The van der Waals surface area contributed by atoms with E-state index in [1.165, 1.54) is 0 Å².